The molecule has 1 aliphatic heterocycles. The van der Waals surface area contributed by atoms with Gasteiger partial charge in [-0.05, 0) is 99.8 Å². The number of rotatable bonds is 36. The van der Waals surface area contributed by atoms with Gasteiger partial charge < -0.3 is 39.4 Å². The largest absolute Gasteiger partial charge is 0.445 e. The Morgan fingerprint density at radius 3 is 1.22 bits per heavy atom. The summed E-state index contributed by atoms with van der Waals surface area (Å²) in [6.45, 7) is 11.4. The lowest BCUT2D eigenvalue weighted by Crippen LogP contribution is -2.47. The molecule has 364 valence electrons. The maximum atomic E-state index is 12.3. The van der Waals surface area contributed by atoms with Gasteiger partial charge in [-0.3, -0.25) is 9.59 Å². The van der Waals surface area contributed by atoms with Crippen molar-refractivity contribution in [3.63, 3.8) is 0 Å². The first-order chi connectivity index (χ1) is 31.8. The third-order valence-corrected chi connectivity index (χ3v) is 11.7. The van der Waals surface area contributed by atoms with Gasteiger partial charge in [-0.25, -0.2) is 9.59 Å². The fourth-order valence-corrected chi connectivity index (χ4v) is 7.68. The number of hydrogen-bond acceptors (Lipinski definition) is 10. The fraction of sp³-hybridized carbons (Fsp3) is 0.660. The zero-order valence-corrected chi connectivity index (χ0v) is 40.3. The third kappa shape index (κ3) is 29.0. The van der Waals surface area contributed by atoms with Crippen molar-refractivity contribution in [2.45, 2.75) is 175 Å². The number of nitrogens with zero attached hydrogens (tertiary/aromatic N) is 2. The summed E-state index contributed by atoms with van der Waals surface area (Å²) < 4.78 is 21.7. The van der Waals surface area contributed by atoms with Crippen molar-refractivity contribution in [3.8, 4) is 11.5 Å². The number of nitrogens with one attached hydrogen (secondary N) is 2. The highest BCUT2D eigenvalue weighted by atomic mass is 16.6. The Morgan fingerprint density at radius 2 is 0.831 bits per heavy atom. The van der Waals surface area contributed by atoms with Gasteiger partial charge in [0.2, 0.25) is 0 Å². The van der Waals surface area contributed by atoms with Crippen LogP contribution in [-0.2, 0) is 32.3 Å². The van der Waals surface area contributed by atoms with Gasteiger partial charge in [0.25, 0.3) is 0 Å². The molecule has 2 aromatic rings. The molecule has 1 heterocycles. The molecule has 12 heteroatoms. The zero-order chi connectivity index (χ0) is 46.4. The highest BCUT2D eigenvalue weighted by Gasteiger charge is 2.16. The normalized spacial score (nSPS) is 13.1. The van der Waals surface area contributed by atoms with E-state index in [0.29, 0.717) is 37.4 Å². The minimum Gasteiger partial charge on any atom is -0.445 e. The van der Waals surface area contributed by atoms with Gasteiger partial charge in [0, 0.05) is 52.1 Å². The molecule has 65 heavy (non-hydrogen) atoms. The maximum absolute atomic E-state index is 12.3. The Balaban J connectivity index is 1.10. The number of unbranched alkanes of at least 4 members (excludes halogenated alkanes) is 16. The number of benzene rings is 2. The highest BCUT2D eigenvalue weighted by molar-refractivity contribution is 5.72. The number of alkyl carbamates (subject to hydrolysis) is 2. The molecule has 0 aliphatic carbocycles. The molecule has 2 aromatic carbocycles. The van der Waals surface area contributed by atoms with Crippen molar-refractivity contribution >= 4 is 24.1 Å². The number of allylic oxidation sites excluding steroid dienone is 2. The van der Waals surface area contributed by atoms with Gasteiger partial charge in [0.05, 0.1) is 0 Å². The van der Waals surface area contributed by atoms with E-state index < -0.39 is 12.2 Å². The molecule has 0 spiro atoms. The lowest BCUT2D eigenvalue weighted by molar-refractivity contribution is -0.135. The van der Waals surface area contributed by atoms with Crippen LogP contribution in [0.5, 0.6) is 11.5 Å². The summed E-state index contributed by atoms with van der Waals surface area (Å²) in [4.78, 5) is 53.8. The van der Waals surface area contributed by atoms with Gasteiger partial charge in [-0.15, -0.1) is 0 Å². The van der Waals surface area contributed by atoms with E-state index in [4.69, 9.17) is 18.9 Å². The van der Waals surface area contributed by atoms with E-state index in [2.05, 4.69) is 46.4 Å². The molecule has 2 amide bonds. The van der Waals surface area contributed by atoms with Crippen LogP contribution >= 0.6 is 0 Å². The van der Waals surface area contributed by atoms with Crippen LogP contribution in [0.15, 0.2) is 60.7 Å². The van der Waals surface area contributed by atoms with Gasteiger partial charge in [0.1, 0.15) is 24.7 Å². The number of piperazine rings is 1. The van der Waals surface area contributed by atoms with Crippen LogP contribution in [0.4, 0.5) is 9.59 Å². The number of amides is 2. The average molecular weight is 905 g/mol. The summed E-state index contributed by atoms with van der Waals surface area (Å²) in [5.41, 5.74) is 1.64. The summed E-state index contributed by atoms with van der Waals surface area (Å²) in [5, 5.41) is 5.68. The van der Waals surface area contributed by atoms with Crippen molar-refractivity contribution in [2.24, 2.45) is 0 Å². The van der Waals surface area contributed by atoms with Crippen LogP contribution in [-0.4, -0.2) is 86.3 Å². The number of carbonyl (C=O) groups excluding carboxylic acids is 4. The Bertz CT molecular complexity index is 1580. The first kappa shape index (κ1) is 54.9. The first-order valence-electron chi connectivity index (χ1n) is 25.3. The molecular formula is C53H84N4O8. The molecule has 12 nitrogen and oxygen atoms in total. The molecule has 0 radical (unpaired) electrons. The van der Waals surface area contributed by atoms with Crippen molar-refractivity contribution < 1.29 is 38.1 Å². The summed E-state index contributed by atoms with van der Waals surface area (Å²) in [6.07, 6.45) is 28.9. The lowest BCUT2D eigenvalue weighted by Gasteiger charge is -2.34. The molecule has 0 unspecified atom stereocenters. The van der Waals surface area contributed by atoms with Gasteiger partial charge >= 0.3 is 24.1 Å². The topological polar surface area (TPSA) is 136 Å². The minimum atomic E-state index is -0.450. The van der Waals surface area contributed by atoms with Crippen molar-refractivity contribution in [1.82, 2.24) is 20.4 Å². The van der Waals surface area contributed by atoms with Crippen LogP contribution < -0.4 is 20.1 Å². The van der Waals surface area contributed by atoms with E-state index >= 15 is 0 Å². The van der Waals surface area contributed by atoms with Gasteiger partial charge in [-0.1, -0.05) is 134 Å². The van der Waals surface area contributed by atoms with Crippen molar-refractivity contribution in [1.29, 1.82) is 0 Å². The monoisotopic (exact) mass is 905 g/mol. The van der Waals surface area contributed by atoms with Crippen LogP contribution in [0.3, 0.4) is 0 Å². The zero-order valence-electron chi connectivity index (χ0n) is 40.3. The Hall–Kier alpha value is -4.42. The molecule has 0 bridgehead atoms. The van der Waals surface area contributed by atoms with Crippen LogP contribution in [0.1, 0.15) is 173 Å². The Kier molecular flexibility index (Phi) is 31.1. The minimum absolute atomic E-state index is 0.141. The highest BCUT2D eigenvalue weighted by Crippen LogP contribution is 2.17. The second-order valence-electron chi connectivity index (χ2n) is 17.5. The van der Waals surface area contributed by atoms with Gasteiger partial charge in [0.15, 0.2) is 0 Å². The van der Waals surface area contributed by atoms with Crippen LogP contribution in [0.2, 0.25) is 0 Å². The van der Waals surface area contributed by atoms with E-state index in [9.17, 15) is 19.2 Å². The Labute approximate surface area is 391 Å². The lowest BCUT2D eigenvalue weighted by atomic mass is 10.1. The average Bonchev–Trinajstić information content (AvgIpc) is 3.31. The molecule has 1 saturated heterocycles. The standard InChI is InChI=1S/C53H84N4O8/c1-3-5-7-9-11-12-13-14-15-16-17-18-19-21-23-27-51(59)65-49-34-30-47(31-35-49)45-63-53(61)55-37-25-39-57-42-40-56(41-43-57)38-24-36-54-52(60)62-44-46-28-32-48(33-29-46)64-50(58)26-22-20-10-8-6-4-2/h14-15,28-35H,3-13,16-27,36-45H2,1-2H3,(H,54,60)(H,55,61)/b15-14-. The predicted octanol–water partition coefficient (Wildman–Crippen LogP) is 11.8. The fourth-order valence-electron chi connectivity index (χ4n) is 7.68. The SMILES string of the molecule is CCCCCCCC/C=C\CCCCCCCC(=O)Oc1ccc(COC(=O)NCCCN2CCN(CCCNC(=O)OCc3ccc(OC(=O)CCCCCCCC)cc3)CC2)cc1. The molecular weight excluding hydrogens is 821 g/mol. The number of carbonyl (C=O) groups is 4. The first-order valence-corrected chi connectivity index (χ1v) is 25.3. The summed E-state index contributed by atoms with van der Waals surface area (Å²) in [5.74, 6) is 0.574. The molecule has 0 saturated carbocycles. The second-order valence-corrected chi connectivity index (χ2v) is 17.5. The van der Waals surface area contributed by atoms with Crippen molar-refractivity contribution in [3.05, 3.63) is 71.8 Å². The molecule has 1 aliphatic rings. The Morgan fingerprint density at radius 1 is 0.477 bits per heavy atom. The van der Waals surface area contributed by atoms with E-state index in [0.717, 1.165) is 108 Å². The maximum Gasteiger partial charge on any atom is 0.407 e. The van der Waals surface area contributed by atoms with Crippen molar-refractivity contribution in [2.75, 3.05) is 52.4 Å². The quantitative estimate of drug-likeness (QED) is 0.0294. The predicted molar refractivity (Wildman–Crippen MR) is 260 cm³/mol. The van der Waals surface area contributed by atoms with Gasteiger partial charge in [-0.2, -0.15) is 0 Å². The number of esters is 2. The van der Waals surface area contributed by atoms with E-state index in [1.165, 1.54) is 77.0 Å². The van der Waals surface area contributed by atoms with E-state index in [1.54, 1.807) is 36.4 Å². The molecule has 0 aromatic heterocycles. The van der Waals surface area contributed by atoms with Crippen LogP contribution in [0.25, 0.3) is 0 Å². The number of ether oxygens (including phenoxy) is 4. The number of hydrogen-bond donors (Lipinski definition) is 2. The second kappa shape index (κ2) is 36.8. The molecule has 2 N–H and O–H groups in total. The molecule has 3 rings (SSSR count). The smallest absolute Gasteiger partial charge is 0.407 e. The molecule has 1 fully saturated rings. The molecule has 0 atom stereocenters. The third-order valence-electron chi connectivity index (χ3n) is 11.7. The summed E-state index contributed by atoms with van der Waals surface area (Å²) >= 11 is 0. The van der Waals surface area contributed by atoms with Crippen LogP contribution in [0, 0.1) is 0 Å². The van der Waals surface area contributed by atoms with E-state index in [-0.39, 0.29) is 25.2 Å². The summed E-state index contributed by atoms with van der Waals surface area (Å²) in [6, 6.07) is 14.2. The summed E-state index contributed by atoms with van der Waals surface area (Å²) in [7, 11) is 0. The van der Waals surface area contributed by atoms with E-state index in [1.807, 2.05) is 12.1 Å².